The Morgan fingerprint density at radius 3 is 2.83 bits per heavy atom. The summed E-state index contributed by atoms with van der Waals surface area (Å²) in [5, 5.41) is 13.9. The zero-order chi connectivity index (χ0) is 13.5. The van der Waals surface area contributed by atoms with Crippen LogP contribution >= 0.6 is 15.9 Å². The zero-order valence-electron chi connectivity index (χ0n) is 10.5. The fourth-order valence-corrected chi connectivity index (χ4v) is 2.10. The Balaban J connectivity index is 2.50. The van der Waals surface area contributed by atoms with E-state index in [-0.39, 0.29) is 5.69 Å². The van der Waals surface area contributed by atoms with Gasteiger partial charge in [-0.15, -0.1) is 0 Å². The van der Waals surface area contributed by atoms with E-state index in [1.807, 2.05) is 0 Å². The van der Waals surface area contributed by atoms with Crippen molar-refractivity contribution in [1.82, 2.24) is 5.32 Å². The predicted molar refractivity (Wildman–Crippen MR) is 73.5 cm³/mol. The maximum absolute atomic E-state index is 10.6. The van der Waals surface area contributed by atoms with Gasteiger partial charge in [-0.05, 0) is 17.5 Å². The molecular weight excluding hydrogens is 300 g/mol. The van der Waals surface area contributed by atoms with Crippen LogP contribution in [0.1, 0.15) is 12.5 Å². The van der Waals surface area contributed by atoms with Crippen LogP contribution in [0.4, 0.5) is 5.69 Å². The lowest BCUT2D eigenvalue weighted by atomic mass is 10.1. The van der Waals surface area contributed by atoms with E-state index in [1.165, 1.54) is 12.1 Å². The van der Waals surface area contributed by atoms with E-state index in [9.17, 15) is 10.1 Å². The molecule has 0 saturated carbocycles. The van der Waals surface area contributed by atoms with Crippen LogP contribution in [0.2, 0.25) is 0 Å². The summed E-state index contributed by atoms with van der Waals surface area (Å²) in [4.78, 5) is 10.2. The van der Waals surface area contributed by atoms with Crippen LogP contribution in [0.15, 0.2) is 22.7 Å². The lowest BCUT2D eigenvalue weighted by molar-refractivity contribution is -0.384. The molecule has 1 aromatic carbocycles. The largest absolute Gasteiger partial charge is 0.384 e. The van der Waals surface area contributed by atoms with E-state index in [0.717, 1.165) is 16.6 Å². The first-order valence-electron chi connectivity index (χ1n) is 5.67. The number of non-ortho nitro benzene ring substituents is 1. The number of halogens is 1. The highest BCUT2D eigenvalue weighted by Crippen LogP contribution is 2.22. The average Bonchev–Trinajstić information content (AvgIpc) is 2.31. The summed E-state index contributed by atoms with van der Waals surface area (Å²) in [5.74, 6) is 0.437. The first-order valence-corrected chi connectivity index (χ1v) is 6.46. The van der Waals surface area contributed by atoms with Crippen LogP contribution in [0.3, 0.4) is 0 Å². The summed E-state index contributed by atoms with van der Waals surface area (Å²) in [7, 11) is 1.68. The van der Waals surface area contributed by atoms with Gasteiger partial charge in [-0.3, -0.25) is 10.1 Å². The molecule has 1 rings (SSSR count). The standard InChI is InChI=1S/C12H17BrN2O3/c1-9(8-18-2)6-14-7-10-3-4-11(15(16)17)5-12(10)13/h3-5,9,14H,6-8H2,1-2H3. The highest BCUT2D eigenvalue weighted by atomic mass is 79.9. The average molecular weight is 317 g/mol. The van der Waals surface area contributed by atoms with E-state index in [0.29, 0.717) is 19.1 Å². The Bertz CT molecular complexity index is 412. The second kappa shape index (κ2) is 7.45. The Kier molecular flexibility index (Phi) is 6.24. The summed E-state index contributed by atoms with van der Waals surface area (Å²) in [6.45, 7) is 4.33. The second-order valence-electron chi connectivity index (χ2n) is 4.22. The molecule has 1 N–H and O–H groups in total. The molecule has 1 aromatic rings. The molecule has 0 aliphatic rings. The highest BCUT2D eigenvalue weighted by Gasteiger charge is 2.09. The molecule has 0 spiro atoms. The van der Waals surface area contributed by atoms with E-state index in [1.54, 1.807) is 13.2 Å². The van der Waals surface area contributed by atoms with Crippen molar-refractivity contribution in [2.24, 2.45) is 5.92 Å². The molecule has 1 unspecified atom stereocenters. The van der Waals surface area contributed by atoms with Gasteiger partial charge in [0.2, 0.25) is 0 Å². The molecule has 0 amide bonds. The molecule has 0 aliphatic heterocycles. The zero-order valence-corrected chi connectivity index (χ0v) is 12.1. The maximum Gasteiger partial charge on any atom is 0.270 e. The van der Waals surface area contributed by atoms with Crippen molar-refractivity contribution in [3.05, 3.63) is 38.3 Å². The number of nitrogens with one attached hydrogen (secondary N) is 1. The number of nitro groups is 1. The number of methoxy groups -OCH3 is 1. The quantitative estimate of drug-likeness (QED) is 0.620. The topological polar surface area (TPSA) is 64.4 Å². The Morgan fingerprint density at radius 1 is 1.56 bits per heavy atom. The number of hydrogen-bond donors (Lipinski definition) is 1. The smallest absolute Gasteiger partial charge is 0.270 e. The lowest BCUT2D eigenvalue weighted by Crippen LogP contribution is -2.23. The van der Waals surface area contributed by atoms with Gasteiger partial charge in [-0.2, -0.15) is 0 Å². The SMILES string of the molecule is COCC(C)CNCc1ccc([N+](=O)[O-])cc1Br. The summed E-state index contributed by atoms with van der Waals surface area (Å²) in [6.07, 6.45) is 0. The van der Waals surface area contributed by atoms with Gasteiger partial charge in [0.1, 0.15) is 0 Å². The molecule has 18 heavy (non-hydrogen) atoms. The van der Waals surface area contributed by atoms with Crippen molar-refractivity contribution in [2.75, 3.05) is 20.3 Å². The summed E-state index contributed by atoms with van der Waals surface area (Å²) < 4.78 is 5.80. The van der Waals surface area contributed by atoms with Crippen molar-refractivity contribution >= 4 is 21.6 Å². The number of nitro benzene ring substituents is 1. The molecule has 0 radical (unpaired) electrons. The highest BCUT2D eigenvalue weighted by molar-refractivity contribution is 9.10. The van der Waals surface area contributed by atoms with Gasteiger partial charge in [-0.25, -0.2) is 0 Å². The first-order chi connectivity index (χ1) is 8.54. The maximum atomic E-state index is 10.6. The number of nitrogens with zero attached hydrogens (tertiary/aromatic N) is 1. The van der Waals surface area contributed by atoms with Crippen molar-refractivity contribution in [1.29, 1.82) is 0 Å². The number of ether oxygens (including phenoxy) is 1. The van der Waals surface area contributed by atoms with Crippen molar-refractivity contribution in [3.8, 4) is 0 Å². The number of rotatable bonds is 7. The first kappa shape index (κ1) is 15.1. The third kappa shape index (κ3) is 4.72. The molecule has 0 aliphatic carbocycles. The summed E-state index contributed by atoms with van der Waals surface area (Å²) in [6, 6.07) is 4.80. The van der Waals surface area contributed by atoms with Crippen molar-refractivity contribution in [3.63, 3.8) is 0 Å². The molecule has 0 aromatic heterocycles. The summed E-state index contributed by atoms with van der Waals surface area (Å²) >= 11 is 3.34. The molecule has 1 atom stereocenters. The van der Waals surface area contributed by atoms with Gasteiger partial charge < -0.3 is 10.1 Å². The van der Waals surface area contributed by atoms with Crippen LogP contribution in [-0.4, -0.2) is 25.2 Å². The molecule has 0 fully saturated rings. The van der Waals surface area contributed by atoms with Crippen molar-refractivity contribution < 1.29 is 9.66 Å². The van der Waals surface area contributed by atoms with Gasteiger partial charge in [0, 0.05) is 43.4 Å². The molecule has 6 heteroatoms. The molecule has 100 valence electrons. The molecule has 0 heterocycles. The Labute approximate surface area is 115 Å². The van der Waals surface area contributed by atoms with Gasteiger partial charge in [0.25, 0.3) is 5.69 Å². The predicted octanol–water partition coefficient (Wildman–Crippen LogP) is 2.73. The van der Waals surface area contributed by atoms with Crippen LogP contribution in [0, 0.1) is 16.0 Å². The monoisotopic (exact) mass is 316 g/mol. The fourth-order valence-electron chi connectivity index (χ4n) is 1.59. The van der Waals surface area contributed by atoms with Gasteiger partial charge in [0.15, 0.2) is 0 Å². The molecule has 0 bridgehead atoms. The van der Waals surface area contributed by atoms with Crippen molar-refractivity contribution in [2.45, 2.75) is 13.5 Å². The molecular formula is C12H17BrN2O3. The minimum Gasteiger partial charge on any atom is -0.384 e. The fraction of sp³-hybridized carbons (Fsp3) is 0.500. The minimum atomic E-state index is -0.400. The Hall–Kier alpha value is -0.980. The van der Waals surface area contributed by atoms with E-state index >= 15 is 0 Å². The van der Waals surface area contributed by atoms with Crippen LogP contribution in [0.5, 0.6) is 0 Å². The molecule has 0 saturated heterocycles. The summed E-state index contributed by atoms with van der Waals surface area (Å²) in [5.41, 5.74) is 1.10. The third-order valence-corrected chi connectivity index (χ3v) is 3.25. The van der Waals surface area contributed by atoms with Gasteiger partial charge in [-0.1, -0.05) is 22.9 Å². The van der Waals surface area contributed by atoms with E-state index in [2.05, 4.69) is 28.2 Å². The Morgan fingerprint density at radius 2 is 2.28 bits per heavy atom. The minimum absolute atomic E-state index is 0.0957. The van der Waals surface area contributed by atoms with Gasteiger partial charge >= 0.3 is 0 Å². The van der Waals surface area contributed by atoms with E-state index < -0.39 is 4.92 Å². The van der Waals surface area contributed by atoms with Crippen LogP contribution < -0.4 is 5.32 Å². The van der Waals surface area contributed by atoms with E-state index in [4.69, 9.17) is 4.74 Å². The normalized spacial score (nSPS) is 12.4. The molecule has 5 nitrogen and oxygen atoms in total. The number of hydrogen-bond acceptors (Lipinski definition) is 4. The number of benzene rings is 1. The second-order valence-corrected chi connectivity index (χ2v) is 5.08. The third-order valence-electron chi connectivity index (χ3n) is 2.51. The van der Waals surface area contributed by atoms with Crippen LogP contribution in [-0.2, 0) is 11.3 Å². The lowest BCUT2D eigenvalue weighted by Gasteiger charge is -2.12. The van der Waals surface area contributed by atoms with Gasteiger partial charge in [0.05, 0.1) is 4.92 Å². The van der Waals surface area contributed by atoms with Crippen LogP contribution in [0.25, 0.3) is 0 Å².